The molecule has 4 aromatic rings. The number of nitrogens with one attached hydrogen (secondary N) is 1. The Bertz CT molecular complexity index is 1920. The summed E-state index contributed by atoms with van der Waals surface area (Å²) in [6.07, 6.45) is 0.0155. The second-order valence-corrected chi connectivity index (χ2v) is 14.0. The summed E-state index contributed by atoms with van der Waals surface area (Å²) in [7, 11) is -8.22. The number of anilines is 1. The van der Waals surface area contributed by atoms with Crippen molar-refractivity contribution in [2.24, 2.45) is 0 Å². The molecule has 18 heteroatoms. The van der Waals surface area contributed by atoms with Crippen molar-refractivity contribution in [2.45, 2.75) is 37.6 Å². The quantitative estimate of drug-likeness (QED) is 0.157. The fourth-order valence-electron chi connectivity index (χ4n) is 4.94. The molecule has 0 saturated carbocycles. The van der Waals surface area contributed by atoms with Gasteiger partial charge < -0.3 is 19.5 Å². The van der Waals surface area contributed by atoms with Crippen molar-refractivity contribution >= 4 is 49.1 Å². The molecular weight excluding hydrogens is 658 g/mol. The van der Waals surface area contributed by atoms with Gasteiger partial charge in [0.2, 0.25) is 0 Å². The van der Waals surface area contributed by atoms with Crippen LogP contribution in [0.1, 0.15) is 29.1 Å². The lowest BCUT2D eigenvalue weighted by molar-refractivity contribution is -0.159. The first-order valence-electron chi connectivity index (χ1n) is 14.0. The second kappa shape index (κ2) is 13.8. The average molecular weight is 690 g/mol. The van der Waals surface area contributed by atoms with Crippen LogP contribution in [0, 0.1) is 0 Å². The summed E-state index contributed by atoms with van der Waals surface area (Å²) in [6, 6.07) is 17.3. The van der Waals surface area contributed by atoms with Gasteiger partial charge >= 0.3 is 5.97 Å². The number of amides is 1. The summed E-state index contributed by atoms with van der Waals surface area (Å²) < 4.78 is 78.6. The summed E-state index contributed by atoms with van der Waals surface area (Å²) in [5.41, 5.74) is -0.663. The van der Waals surface area contributed by atoms with E-state index in [9.17, 15) is 26.4 Å². The number of esters is 1. The van der Waals surface area contributed by atoms with Gasteiger partial charge in [-0.3, -0.25) is 22.5 Å². The van der Waals surface area contributed by atoms with Gasteiger partial charge in [0.25, 0.3) is 26.1 Å². The lowest BCUT2D eigenvalue weighted by Crippen LogP contribution is -2.53. The lowest BCUT2D eigenvalue weighted by Gasteiger charge is -2.33. The van der Waals surface area contributed by atoms with Gasteiger partial charge in [0.05, 0.1) is 25.4 Å². The molecule has 0 radical (unpaired) electrons. The standard InChI is InChI=1S/C29H31N5O11S2/c1-19(35)44-23-24(41-14-20-10-6-4-7-11-20)29(15-42-46(2,37)38,16-43-47(3,39)40)45-28(23)34-18-32-22-25(30-17-31-26(22)34)33-27(36)21-12-8-5-9-13-21/h4-13,17-18,23-24,28H,14-16H2,1-3H3,(H,30,31,33,36)/t23-,24+,28-/m1/s1. The fraction of sp³-hybridized carbons (Fsp3) is 0.345. The van der Waals surface area contributed by atoms with Crippen LogP contribution in [0.25, 0.3) is 11.2 Å². The molecule has 16 nitrogen and oxygen atoms in total. The Morgan fingerprint density at radius 3 is 2.13 bits per heavy atom. The smallest absolute Gasteiger partial charge is 0.303 e. The molecule has 3 atom stereocenters. The maximum absolute atomic E-state index is 12.9. The summed E-state index contributed by atoms with van der Waals surface area (Å²) in [5, 5.41) is 2.70. The van der Waals surface area contributed by atoms with E-state index in [1.165, 1.54) is 17.2 Å². The lowest BCUT2D eigenvalue weighted by atomic mass is 9.96. The summed E-state index contributed by atoms with van der Waals surface area (Å²) in [5.74, 6) is -1.15. The van der Waals surface area contributed by atoms with E-state index in [1.54, 1.807) is 60.7 Å². The Morgan fingerprint density at radius 1 is 0.915 bits per heavy atom. The average Bonchev–Trinajstić information content (AvgIpc) is 3.58. The summed E-state index contributed by atoms with van der Waals surface area (Å²) in [6.45, 7) is -0.498. The van der Waals surface area contributed by atoms with Crippen LogP contribution < -0.4 is 5.32 Å². The first kappa shape index (κ1) is 34.0. The highest BCUT2D eigenvalue weighted by molar-refractivity contribution is 7.86. The van der Waals surface area contributed by atoms with Crippen molar-refractivity contribution in [3.8, 4) is 0 Å². The Hall–Kier alpha value is -4.33. The van der Waals surface area contributed by atoms with Crippen LogP contribution in [-0.2, 0) is 54.2 Å². The molecule has 2 aromatic heterocycles. The van der Waals surface area contributed by atoms with Crippen molar-refractivity contribution in [2.75, 3.05) is 31.0 Å². The normalized spacial score (nSPS) is 19.4. The van der Waals surface area contributed by atoms with Crippen molar-refractivity contribution in [3.05, 3.63) is 84.4 Å². The van der Waals surface area contributed by atoms with E-state index < -0.39 is 69.4 Å². The van der Waals surface area contributed by atoms with E-state index in [1.807, 2.05) is 0 Å². The number of ether oxygens (including phenoxy) is 3. The van der Waals surface area contributed by atoms with E-state index in [0.29, 0.717) is 11.1 Å². The highest BCUT2D eigenvalue weighted by atomic mass is 32.2. The number of nitrogens with zero attached hydrogens (tertiary/aromatic N) is 4. The molecule has 5 rings (SSSR count). The van der Waals surface area contributed by atoms with E-state index in [0.717, 1.165) is 19.4 Å². The largest absolute Gasteiger partial charge is 0.455 e. The summed E-state index contributed by atoms with van der Waals surface area (Å²) >= 11 is 0. The molecular formula is C29H31N5O11S2. The van der Waals surface area contributed by atoms with Crippen LogP contribution in [-0.4, -0.2) is 91.8 Å². The first-order chi connectivity index (χ1) is 22.2. The van der Waals surface area contributed by atoms with Crippen LogP contribution >= 0.6 is 0 Å². The zero-order valence-electron chi connectivity index (χ0n) is 25.4. The van der Waals surface area contributed by atoms with Crippen molar-refractivity contribution in [1.82, 2.24) is 19.5 Å². The minimum absolute atomic E-state index is 0.0635. The highest BCUT2D eigenvalue weighted by Crippen LogP contribution is 2.43. The molecule has 2 aromatic carbocycles. The monoisotopic (exact) mass is 689 g/mol. The predicted octanol–water partition coefficient (Wildman–Crippen LogP) is 1.82. The van der Waals surface area contributed by atoms with Gasteiger partial charge in [-0.1, -0.05) is 48.5 Å². The third kappa shape index (κ3) is 8.34. The molecule has 1 fully saturated rings. The number of hydrogen-bond donors (Lipinski definition) is 1. The van der Waals surface area contributed by atoms with Gasteiger partial charge in [-0.2, -0.15) is 16.8 Å². The third-order valence-corrected chi connectivity index (χ3v) is 8.06. The van der Waals surface area contributed by atoms with E-state index >= 15 is 0 Å². The molecule has 1 amide bonds. The second-order valence-electron chi connectivity index (χ2n) is 10.7. The molecule has 1 N–H and O–H groups in total. The Morgan fingerprint density at radius 2 is 1.53 bits per heavy atom. The number of aromatic nitrogens is 4. The highest BCUT2D eigenvalue weighted by Gasteiger charge is 2.60. The molecule has 47 heavy (non-hydrogen) atoms. The van der Waals surface area contributed by atoms with Gasteiger partial charge in [-0.05, 0) is 17.7 Å². The summed E-state index contributed by atoms with van der Waals surface area (Å²) in [4.78, 5) is 38.2. The molecule has 0 aliphatic carbocycles. The predicted molar refractivity (Wildman–Crippen MR) is 165 cm³/mol. The van der Waals surface area contributed by atoms with Crippen molar-refractivity contribution < 1.29 is 49.0 Å². The fourth-order valence-corrected chi connectivity index (χ4v) is 5.77. The molecule has 0 bridgehead atoms. The zero-order valence-corrected chi connectivity index (χ0v) is 27.0. The van der Waals surface area contributed by atoms with Crippen LogP contribution in [0.5, 0.6) is 0 Å². The number of benzene rings is 2. The molecule has 1 saturated heterocycles. The topological polar surface area (TPSA) is 204 Å². The molecule has 1 aliphatic rings. The number of imidazole rings is 1. The molecule has 3 heterocycles. The molecule has 1 aliphatic heterocycles. The Labute approximate surface area is 270 Å². The van der Waals surface area contributed by atoms with Crippen LogP contribution in [0.15, 0.2) is 73.3 Å². The van der Waals surface area contributed by atoms with Gasteiger partial charge in [0.1, 0.15) is 25.6 Å². The van der Waals surface area contributed by atoms with E-state index in [2.05, 4.69) is 20.3 Å². The van der Waals surface area contributed by atoms with Crippen LogP contribution in [0.3, 0.4) is 0 Å². The number of carbonyl (C=O) groups excluding carboxylic acids is 2. The number of carbonyl (C=O) groups is 2. The number of rotatable bonds is 13. The maximum atomic E-state index is 12.9. The molecule has 0 unspecified atom stereocenters. The number of hydrogen-bond acceptors (Lipinski definition) is 14. The maximum Gasteiger partial charge on any atom is 0.303 e. The SMILES string of the molecule is CC(=O)O[C@H]1[C@H](n2cnc3c(NC(=O)c4ccccc4)ncnc32)OC(COS(C)(=O)=O)(COS(C)(=O)=O)[C@H]1OCc1ccccc1. The van der Waals surface area contributed by atoms with Gasteiger partial charge in [-0.25, -0.2) is 15.0 Å². The van der Waals surface area contributed by atoms with Gasteiger partial charge in [0, 0.05) is 12.5 Å². The van der Waals surface area contributed by atoms with Crippen molar-refractivity contribution in [1.29, 1.82) is 0 Å². The van der Waals surface area contributed by atoms with Crippen molar-refractivity contribution in [3.63, 3.8) is 0 Å². The minimum Gasteiger partial charge on any atom is -0.455 e. The Balaban J connectivity index is 1.59. The number of fused-ring (bicyclic) bond motifs is 1. The van der Waals surface area contributed by atoms with Crippen LogP contribution in [0.4, 0.5) is 5.82 Å². The van der Waals surface area contributed by atoms with Crippen LogP contribution in [0.2, 0.25) is 0 Å². The zero-order chi connectivity index (χ0) is 33.8. The Kier molecular flexibility index (Phi) is 9.99. The first-order valence-corrected chi connectivity index (χ1v) is 17.6. The van der Waals surface area contributed by atoms with E-state index in [-0.39, 0.29) is 23.6 Å². The molecule has 250 valence electrons. The van der Waals surface area contributed by atoms with Gasteiger partial charge in [0.15, 0.2) is 34.9 Å². The third-order valence-electron chi connectivity index (χ3n) is 6.96. The minimum atomic E-state index is -4.11. The van der Waals surface area contributed by atoms with Gasteiger partial charge in [-0.15, -0.1) is 0 Å². The molecule has 0 spiro atoms. The van der Waals surface area contributed by atoms with E-state index in [4.69, 9.17) is 22.6 Å².